The Morgan fingerprint density at radius 2 is 1.00 bits per heavy atom. The number of hydrogen-bond donors (Lipinski definition) is 0. The molecule has 0 saturated heterocycles. The summed E-state index contributed by atoms with van der Waals surface area (Å²) in [7, 11) is 0. The molecule has 2 atom stereocenters. The molecule has 1 aliphatic rings. The first-order valence-corrected chi connectivity index (χ1v) is 11.9. The van der Waals surface area contributed by atoms with E-state index in [2.05, 4.69) is 23.7 Å². The summed E-state index contributed by atoms with van der Waals surface area (Å²) in [6.07, 6.45) is 2.33. The van der Waals surface area contributed by atoms with Gasteiger partial charge in [0.1, 0.15) is 13.2 Å². The standard InChI is InChI=1S/C30H30O6.2Li/c1-3-35-27-21-30(32,18-12-20-34-24-26-15-9-6-10-16-26)28(36-4-2)22-29(27,31)17-11-19-33-23-25-13-7-5-8-14-25;;/h5-10,13-16,21-22H,3-4,19-20,23-24H2,1-2H3;;/q-2;2*+1. The molecule has 2 aromatic carbocycles. The molecular weight excluding hydrogens is 470 g/mol. The van der Waals surface area contributed by atoms with Crippen molar-refractivity contribution >= 4 is 0 Å². The number of benzene rings is 2. The average molecular weight is 500 g/mol. The molecule has 0 radical (unpaired) electrons. The SMILES string of the molecule is CCOC1=CC([O-])(C#CCOCc2ccccc2)C(OCC)=CC1([O-])C#CCOCc1ccccc1.[Li+].[Li+]. The van der Waals surface area contributed by atoms with E-state index in [4.69, 9.17) is 18.9 Å². The zero-order valence-corrected chi connectivity index (χ0v) is 22.6. The van der Waals surface area contributed by atoms with Gasteiger partial charge in [-0.05, 0) is 37.1 Å². The second-order valence-electron chi connectivity index (χ2n) is 7.91. The van der Waals surface area contributed by atoms with Gasteiger partial charge in [-0.1, -0.05) is 84.3 Å². The van der Waals surface area contributed by atoms with Crippen LogP contribution in [0.4, 0.5) is 0 Å². The Hall–Kier alpha value is -2.33. The maximum absolute atomic E-state index is 13.6. The fourth-order valence-electron chi connectivity index (χ4n) is 3.45. The molecular formula is C30H30Li2O6. The van der Waals surface area contributed by atoms with Crippen LogP contribution in [-0.4, -0.2) is 37.6 Å². The molecule has 1 aliphatic carbocycles. The third-order valence-corrected chi connectivity index (χ3v) is 5.12. The van der Waals surface area contributed by atoms with E-state index < -0.39 is 11.2 Å². The molecule has 0 saturated carbocycles. The Labute approximate surface area is 249 Å². The zero-order valence-electron chi connectivity index (χ0n) is 22.6. The van der Waals surface area contributed by atoms with Gasteiger partial charge in [-0.15, -0.1) is 0 Å². The van der Waals surface area contributed by atoms with Gasteiger partial charge < -0.3 is 29.2 Å². The van der Waals surface area contributed by atoms with Crippen molar-refractivity contribution in [3.8, 4) is 23.7 Å². The third-order valence-electron chi connectivity index (χ3n) is 5.12. The van der Waals surface area contributed by atoms with Gasteiger partial charge in [0.2, 0.25) is 0 Å². The van der Waals surface area contributed by atoms with Crippen LogP contribution < -0.4 is 47.9 Å². The molecule has 0 amide bonds. The van der Waals surface area contributed by atoms with Crippen molar-refractivity contribution in [2.75, 3.05) is 26.4 Å². The quantitative estimate of drug-likeness (QED) is 0.191. The molecule has 0 fully saturated rings. The normalized spacial score (nSPS) is 19.6. The Balaban J connectivity index is 0.00000361. The summed E-state index contributed by atoms with van der Waals surface area (Å²) in [6.45, 7) is 4.72. The van der Waals surface area contributed by atoms with E-state index >= 15 is 0 Å². The van der Waals surface area contributed by atoms with Gasteiger partial charge in [0.15, 0.2) is 0 Å². The molecule has 0 aromatic heterocycles. The van der Waals surface area contributed by atoms with E-state index in [9.17, 15) is 10.2 Å². The van der Waals surface area contributed by atoms with Crippen LogP contribution in [0.15, 0.2) is 84.3 Å². The molecule has 8 heteroatoms. The molecule has 2 aromatic rings. The van der Waals surface area contributed by atoms with Gasteiger partial charge in [-0.3, -0.25) is 0 Å². The molecule has 0 bridgehead atoms. The predicted molar refractivity (Wildman–Crippen MR) is 133 cm³/mol. The van der Waals surface area contributed by atoms with Crippen molar-refractivity contribution in [3.05, 3.63) is 95.5 Å². The Bertz CT molecular complexity index is 1070. The molecule has 188 valence electrons. The second-order valence-corrected chi connectivity index (χ2v) is 7.91. The maximum atomic E-state index is 13.6. The fraction of sp³-hybridized carbons (Fsp3) is 0.333. The van der Waals surface area contributed by atoms with Crippen LogP contribution in [0, 0.1) is 23.7 Å². The van der Waals surface area contributed by atoms with Gasteiger partial charge in [0.25, 0.3) is 0 Å². The summed E-state index contributed by atoms with van der Waals surface area (Å²) in [4.78, 5) is 0. The molecule has 0 heterocycles. The molecule has 0 N–H and O–H groups in total. The minimum atomic E-state index is -2.09. The fourth-order valence-corrected chi connectivity index (χ4v) is 3.45. The molecule has 0 aliphatic heterocycles. The molecule has 3 rings (SSSR count). The molecule has 0 spiro atoms. The Morgan fingerprint density at radius 1 is 0.632 bits per heavy atom. The van der Waals surface area contributed by atoms with E-state index in [-0.39, 0.29) is 75.7 Å². The van der Waals surface area contributed by atoms with Crippen molar-refractivity contribution in [2.45, 2.75) is 38.3 Å². The monoisotopic (exact) mass is 500 g/mol. The van der Waals surface area contributed by atoms with Crippen LogP contribution in [0.25, 0.3) is 0 Å². The van der Waals surface area contributed by atoms with Crippen LogP contribution in [0.1, 0.15) is 25.0 Å². The number of ether oxygens (including phenoxy) is 4. The zero-order chi connectivity index (χ0) is 25.7. The first kappa shape index (κ1) is 33.7. The smallest absolute Gasteiger partial charge is 0.831 e. The van der Waals surface area contributed by atoms with E-state index in [1.165, 1.54) is 0 Å². The third kappa shape index (κ3) is 10.1. The topological polar surface area (TPSA) is 83.0 Å². The molecule has 2 unspecified atom stereocenters. The molecule has 6 nitrogen and oxygen atoms in total. The van der Waals surface area contributed by atoms with Crippen LogP contribution in [0.5, 0.6) is 0 Å². The van der Waals surface area contributed by atoms with E-state index in [1.54, 1.807) is 13.8 Å². The summed E-state index contributed by atoms with van der Waals surface area (Å²) < 4.78 is 22.2. The van der Waals surface area contributed by atoms with Crippen molar-refractivity contribution in [1.82, 2.24) is 0 Å². The van der Waals surface area contributed by atoms with Crippen LogP contribution in [0.2, 0.25) is 0 Å². The number of hydrogen-bond acceptors (Lipinski definition) is 6. The van der Waals surface area contributed by atoms with Gasteiger partial charge in [0, 0.05) is 11.2 Å². The Morgan fingerprint density at radius 3 is 1.34 bits per heavy atom. The minimum absolute atomic E-state index is 0. The van der Waals surface area contributed by atoms with Crippen LogP contribution in [-0.2, 0) is 32.2 Å². The van der Waals surface area contributed by atoms with Gasteiger partial charge in [-0.2, -0.15) is 0 Å². The van der Waals surface area contributed by atoms with Gasteiger partial charge in [-0.25, -0.2) is 0 Å². The predicted octanol–water partition coefficient (Wildman–Crippen LogP) is -3.51. The van der Waals surface area contributed by atoms with Crippen molar-refractivity contribution in [2.24, 2.45) is 0 Å². The maximum Gasteiger partial charge on any atom is 1.00 e. The Kier molecular flexibility index (Phi) is 15.3. The average Bonchev–Trinajstić information content (AvgIpc) is 2.88. The number of rotatable bonds is 10. The van der Waals surface area contributed by atoms with Crippen molar-refractivity contribution < 1.29 is 66.9 Å². The van der Waals surface area contributed by atoms with Crippen molar-refractivity contribution in [1.29, 1.82) is 0 Å². The summed E-state index contributed by atoms with van der Waals surface area (Å²) in [5.74, 6) is 10.6. The van der Waals surface area contributed by atoms with Gasteiger partial charge >= 0.3 is 37.7 Å². The first-order chi connectivity index (χ1) is 17.5. The summed E-state index contributed by atoms with van der Waals surface area (Å²) in [6, 6.07) is 19.3. The summed E-state index contributed by atoms with van der Waals surface area (Å²) >= 11 is 0. The van der Waals surface area contributed by atoms with E-state index in [1.807, 2.05) is 60.7 Å². The van der Waals surface area contributed by atoms with E-state index in [0.717, 1.165) is 23.3 Å². The first-order valence-electron chi connectivity index (χ1n) is 11.9. The second kappa shape index (κ2) is 17.3. The van der Waals surface area contributed by atoms with Gasteiger partial charge in [0.05, 0.1) is 37.9 Å². The summed E-state index contributed by atoms with van der Waals surface area (Å²) in [5.41, 5.74) is -2.17. The van der Waals surface area contributed by atoms with E-state index in [0.29, 0.717) is 13.2 Å². The van der Waals surface area contributed by atoms with Crippen LogP contribution >= 0.6 is 0 Å². The van der Waals surface area contributed by atoms with Crippen molar-refractivity contribution in [3.63, 3.8) is 0 Å². The minimum Gasteiger partial charge on any atom is -0.831 e. The largest absolute Gasteiger partial charge is 1.00 e. The summed E-state index contributed by atoms with van der Waals surface area (Å²) in [5, 5.41) is 27.2. The van der Waals surface area contributed by atoms with Crippen LogP contribution in [0.3, 0.4) is 0 Å². The molecule has 38 heavy (non-hydrogen) atoms.